The van der Waals surface area contributed by atoms with Crippen LogP contribution >= 0.6 is 15.9 Å². The number of rotatable bonds is 3. The highest BCUT2D eigenvalue weighted by atomic mass is 79.9. The third kappa shape index (κ3) is 2.51. The summed E-state index contributed by atoms with van der Waals surface area (Å²) in [5.74, 6) is 2.01. The van der Waals surface area contributed by atoms with Gasteiger partial charge in [-0.1, -0.05) is 22.0 Å². The van der Waals surface area contributed by atoms with Gasteiger partial charge in [-0.25, -0.2) is 4.98 Å². The minimum atomic E-state index is 0.839. The monoisotopic (exact) mass is 268 g/mol. The normalized spacial score (nSPS) is 20.9. The molecule has 0 aromatic carbocycles. The molecule has 15 heavy (non-hydrogen) atoms. The van der Waals surface area contributed by atoms with E-state index in [1.54, 1.807) is 0 Å². The van der Waals surface area contributed by atoms with Gasteiger partial charge in [-0.3, -0.25) is 0 Å². The van der Waals surface area contributed by atoms with E-state index in [0.717, 1.165) is 17.8 Å². The topological polar surface area (TPSA) is 16.1 Å². The van der Waals surface area contributed by atoms with E-state index in [2.05, 4.69) is 38.8 Å². The van der Waals surface area contributed by atoms with Crippen molar-refractivity contribution in [2.45, 2.75) is 19.8 Å². The maximum absolute atomic E-state index is 4.47. The van der Waals surface area contributed by atoms with E-state index in [-0.39, 0.29) is 0 Å². The number of nitrogens with zero attached hydrogens (tertiary/aromatic N) is 2. The van der Waals surface area contributed by atoms with Crippen molar-refractivity contribution < 1.29 is 0 Å². The van der Waals surface area contributed by atoms with E-state index < -0.39 is 0 Å². The second-order valence-corrected chi connectivity index (χ2v) is 5.02. The molecule has 0 radical (unpaired) electrons. The molecule has 2 heterocycles. The average molecular weight is 269 g/mol. The molecule has 1 saturated heterocycles. The van der Waals surface area contributed by atoms with Crippen LogP contribution in [0.1, 0.15) is 18.4 Å². The lowest BCUT2D eigenvalue weighted by Crippen LogP contribution is -2.21. The molecule has 1 aliphatic rings. The Kier molecular flexibility index (Phi) is 3.62. The molecule has 0 saturated carbocycles. The Morgan fingerprint density at radius 1 is 1.60 bits per heavy atom. The maximum atomic E-state index is 4.47. The molecule has 0 aliphatic carbocycles. The first-order chi connectivity index (χ1) is 7.31. The van der Waals surface area contributed by atoms with Crippen LogP contribution in [0.2, 0.25) is 0 Å². The number of aryl methyl sites for hydroxylation is 1. The van der Waals surface area contributed by atoms with Crippen LogP contribution in [0.15, 0.2) is 18.3 Å². The summed E-state index contributed by atoms with van der Waals surface area (Å²) in [6.07, 6.45) is 4.48. The zero-order chi connectivity index (χ0) is 10.7. The molecule has 1 aromatic heterocycles. The van der Waals surface area contributed by atoms with Gasteiger partial charge in [-0.05, 0) is 37.3 Å². The van der Waals surface area contributed by atoms with Gasteiger partial charge in [0, 0.05) is 24.6 Å². The maximum Gasteiger partial charge on any atom is 0.131 e. The Hall–Kier alpha value is -0.570. The predicted octanol–water partition coefficient (Wildman–Crippen LogP) is 3.00. The minimum Gasteiger partial charge on any atom is -0.356 e. The fraction of sp³-hybridized carbons (Fsp3) is 0.583. The van der Waals surface area contributed by atoms with Gasteiger partial charge in [0.1, 0.15) is 5.82 Å². The van der Waals surface area contributed by atoms with E-state index in [0.29, 0.717) is 0 Å². The summed E-state index contributed by atoms with van der Waals surface area (Å²) in [7, 11) is 0. The first kappa shape index (κ1) is 10.9. The van der Waals surface area contributed by atoms with E-state index in [4.69, 9.17) is 0 Å². The highest BCUT2D eigenvalue weighted by Crippen LogP contribution is 2.26. The van der Waals surface area contributed by atoms with Gasteiger partial charge in [0.25, 0.3) is 0 Å². The summed E-state index contributed by atoms with van der Waals surface area (Å²) in [6.45, 7) is 4.47. The minimum absolute atomic E-state index is 0.839. The van der Waals surface area contributed by atoms with Gasteiger partial charge >= 0.3 is 0 Å². The molecule has 0 spiro atoms. The summed E-state index contributed by atoms with van der Waals surface area (Å²) in [4.78, 5) is 6.89. The highest BCUT2D eigenvalue weighted by Gasteiger charge is 2.23. The van der Waals surface area contributed by atoms with Gasteiger partial charge in [0.05, 0.1) is 0 Å². The van der Waals surface area contributed by atoms with Gasteiger partial charge < -0.3 is 4.90 Å². The Labute approximate surface area is 99.8 Å². The molecular formula is C12H17BrN2. The zero-order valence-corrected chi connectivity index (χ0v) is 10.7. The summed E-state index contributed by atoms with van der Waals surface area (Å²) >= 11 is 3.52. The average Bonchev–Trinajstić information content (AvgIpc) is 2.68. The SMILES string of the molecule is Cc1cccnc1N1CCC(CCBr)C1. The van der Waals surface area contributed by atoms with Gasteiger partial charge in [-0.15, -0.1) is 0 Å². The van der Waals surface area contributed by atoms with Crippen LogP contribution in [0.25, 0.3) is 0 Å². The summed E-state index contributed by atoms with van der Waals surface area (Å²) in [6, 6.07) is 4.14. The summed E-state index contributed by atoms with van der Waals surface area (Å²) < 4.78 is 0. The van der Waals surface area contributed by atoms with Gasteiger partial charge in [-0.2, -0.15) is 0 Å². The zero-order valence-electron chi connectivity index (χ0n) is 9.12. The third-order valence-corrected chi connectivity index (χ3v) is 3.54. The van der Waals surface area contributed by atoms with Gasteiger partial charge in [0.15, 0.2) is 0 Å². The Morgan fingerprint density at radius 3 is 3.20 bits per heavy atom. The first-order valence-corrected chi connectivity index (χ1v) is 6.66. The van der Waals surface area contributed by atoms with Crippen molar-refractivity contribution in [3.05, 3.63) is 23.9 Å². The largest absolute Gasteiger partial charge is 0.356 e. The number of hydrogen-bond acceptors (Lipinski definition) is 2. The van der Waals surface area contributed by atoms with Gasteiger partial charge in [0.2, 0.25) is 0 Å². The number of pyridine rings is 1. The molecule has 2 rings (SSSR count). The van der Waals surface area contributed by atoms with Crippen LogP contribution in [0.5, 0.6) is 0 Å². The van der Waals surface area contributed by atoms with Crippen molar-refractivity contribution in [2.75, 3.05) is 23.3 Å². The van der Waals surface area contributed by atoms with Crippen molar-refractivity contribution in [2.24, 2.45) is 5.92 Å². The number of anilines is 1. The molecule has 0 N–H and O–H groups in total. The number of hydrogen-bond donors (Lipinski definition) is 0. The molecule has 0 amide bonds. The molecule has 0 bridgehead atoms. The second kappa shape index (κ2) is 4.97. The van der Waals surface area contributed by atoms with Crippen LogP contribution in [-0.2, 0) is 0 Å². The lowest BCUT2D eigenvalue weighted by molar-refractivity contribution is 0.575. The molecule has 2 nitrogen and oxygen atoms in total. The molecule has 3 heteroatoms. The number of aromatic nitrogens is 1. The third-order valence-electron chi connectivity index (χ3n) is 3.08. The number of halogens is 1. The molecule has 82 valence electrons. The van der Waals surface area contributed by atoms with Crippen molar-refractivity contribution in [3.8, 4) is 0 Å². The van der Waals surface area contributed by atoms with Crippen molar-refractivity contribution in [3.63, 3.8) is 0 Å². The summed E-state index contributed by atoms with van der Waals surface area (Å²) in [5.41, 5.74) is 1.29. The second-order valence-electron chi connectivity index (χ2n) is 4.22. The molecule has 1 atom stereocenters. The Morgan fingerprint density at radius 2 is 2.47 bits per heavy atom. The van der Waals surface area contributed by atoms with Crippen molar-refractivity contribution >= 4 is 21.7 Å². The molecule has 1 unspecified atom stereocenters. The van der Waals surface area contributed by atoms with Crippen LogP contribution in [0.3, 0.4) is 0 Å². The Balaban J connectivity index is 2.04. The smallest absolute Gasteiger partial charge is 0.131 e. The van der Waals surface area contributed by atoms with Crippen LogP contribution < -0.4 is 4.90 Å². The molecule has 1 aromatic rings. The lowest BCUT2D eigenvalue weighted by Gasteiger charge is -2.19. The number of alkyl halides is 1. The lowest BCUT2D eigenvalue weighted by atomic mass is 10.1. The van der Waals surface area contributed by atoms with Crippen LogP contribution in [0.4, 0.5) is 5.82 Å². The quantitative estimate of drug-likeness (QED) is 0.784. The Bertz CT molecular complexity index is 327. The van der Waals surface area contributed by atoms with Crippen LogP contribution in [0, 0.1) is 12.8 Å². The van der Waals surface area contributed by atoms with Crippen LogP contribution in [-0.4, -0.2) is 23.4 Å². The first-order valence-electron chi connectivity index (χ1n) is 5.54. The predicted molar refractivity (Wildman–Crippen MR) is 67.7 cm³/mol. The standard InChI is InChI=1S/C12H17BrN2/c1-10-3-2-7-14-12(10)15-8-5-11(9-15)4-6-13/h2-3,7,11H,4-6,8-9H2,1H3. The van der Waals surface area contributed by atoms with E-state index >= 15 is 0 Å². The fourth-order valence-electron chi connectivity index (χ4n) is 2.22. The van der Waals surface area contributed by atoms with E-state index in [9.17, 15) is 0 Å². The summed E-state index contributed by atoms with van der Waals surface area (Å²) in [5, 5.41) is 1.12. The molecular weight excluding hydrogens is 252 g/mol. The highest BCUT2D eigenvalue weighted by molar-refractivity contribution is 9.09. The molecule has 1 fully saturated rings. The van der Waals surface area contributed by atoms with Crippen molar-refractivity contribution in [1.29, 1.82) is 0 Å². The van der Waals surface area contributed by atoms with E-state index in [1.165, 1.54) is 30.8 Å². The molecule has 1 aliphatic heterocycles. The van der Waals surface area contributed by atoms with Crippen molar-refractivity contribution in [1.82, 2.24) is 4.98 Å². The fourth-order valence-corrected chi connectivity index (χ4v) is 2.87. The van der Waals surface area contributed by atoms with E-state index in [1.807, 2.05) is 12.3 Å².